The zero-order chi connectivity index (χ0) is 33.4. The Morgan fingerprint density at radius 2 is 1.46 bits per heavy atom. The highest BCUT2D eigenvalue weighted by Gasteiger charge is 2.35. The predicted molar refractivity (Wildman–Crippen MR) is 183 cm³/mol. The van der Waals surface area contributed by atoms with Gasteiger partial charge in [-0.15, -0.1) is 0 Å². The molecule has 0 aromatic heterocycles. The molecule has 0 fully saturated rings. The molecule has 0 unspecified atom stereocenters. The second-order valence-electron chi connectivity index (χ2n) is 11.5. The molecule has 4 aromatic rings. The van der Waals surface area contributed by atoms with Crippen molar-refractivity contribution >= 4 is 39.1 Å². The topological polar surface area (TPSA) is 96.0 Å². The van der Waals surface area contributed by atoms with E-state index in [1.807, 2.05) is 82.3 Å². The van der Waals surface area contributed by atoms with Crippen molar-refractivity contribution in [1.29, 1.82) is 0 Å². The van der Waals surface area contributed by atoms with Gasteiger partial charge in [0.15, 0.2) is 0 Å². The molecule has 1 atom stereocenters. The third kappa shape index (κ3) is 8.68. The number of carbonyl (C=O) groups is 2. The van der Waals surface area contributed by atoms with Crippen LogP contribution in [0.15, 0.2) is 102 Å². The van der Waals surface area contributed by atoms with Crippen LogP contribution >= 0.6 is 11.6 Å². The number of hydrogen-bond acceptors (Lipinski definition) is 5. The van der Waals surface area contributed by atoms with Crippen LogP contribution in [-0.4, -0.2) is 50.9 Å². The summed E-state index contributed by atoms with van der Waals surface area (Å²) in [5.41, 5.74) is 3.68. The molecule has 0 saturated heterocycles. The van der Waals surface area contributed by atoms with Gasteiger partial charge >= 0.3 is 0 Å². The number of benzene rings is 4. The third-order valence-corrected chi connectivity index (χ3v) is 9.48. The van der Waals surface area contributed by atoms with Gasteiger partial charge in [-0.1, -0.05) is 89.5 Å². The third-order valence-electron chi connectivity index (χ3n) is 7.47. The minimum Gasteiger partial charge on any atom is -0.495 e. The Morgan fingerprint density at radius 1 is 0.848 bits per heavy atom. The van der Waals surface area contributed by atoms with Gasteiger partial charge in [-0.2, -0.15) is 0 Å². The summed E-state index contributed by atoms with van der Waals surface area (Å²) < 4.78 is 35.1. The van der Waals surface area contributed by atoms with E-state index in [1.165, 1.54) is 30.2 Å². The van der Waals surface area contributed by atoms with Crippen LogP contribution < -0.4 is 14.4 Å². The first-order valence-electron chi connectivity index (χ1n) is 15.0. The molecule has 8 nitrogen and oxygen atoms in total. The largest absolute Gasteiger partial charge is 0.495 e. The molecule has 4 rings (SSSR count). The molecule has 0 saturated carbocycles. The molecule has 46 heavy (non-hydrogen) atoms. The number of nitrogens with one attached hydrogen (secondary N) is 1. The number of ether oxygens (including phenoxy) is 1. The zero-order valence-electron chi connectivity index (χ0n) is 26.7. The number of methoxy groups -OCH3 is 1. The fourth-order valence-electron chi connectivity index (χ4n) is 5.03. The first-order chi connectivity index (χ1) is 21.9. The molecule has 4 aromatic carbocycles. The molecule has 0 aliphatic carbocycles. The Morgan fingerprint density at radius 3 is 2.04 bits per heavy atom. The second-order valence-corrected chi connectivity index (χ2v) is 13.8. The summed E-state index contributed by atoms with van der Waals surface area (Å²) in [6, 6.07) is 26.9. The van der Waals surface area contributed by atoms with Gasteiger partial charge in [0.25, 0.3) is 10.0 Å². The Kier molecular flexibility index (Phi) is 11.5. The molecule has 0 aliphatic heterocycles. The van der Waals surface area contributed by atoms with Crippen molar-refractivity contribution in [2.75, 3.05) is 18.0 Å². The normalized spacial score (nSPS) is 12.0. The summed E-state index contributed by atoms with van der Waals surface area (Å²) >= 11 is 6.36. The van der Waals surface area contributed by atoms with Crippen molar-refractivity contribution in [2.24, 2.45) is 0 Å². The van der Waals surface area contributed by atoms with E-state index in [1.54, 1.807) is 24.3 Å². The lowest BCUT2D eigenvalue weighted by Crippen LogP contribution is -2.54. The molecule has 0 radical (unpaired) electrons. The maximum Gasteiger partial charge on any atom is 0.264 e. The number of sulfonamides is 1. The number of aryl methyl sites for hydroxylation is 2. The lowest BCUT2D eigenvalue weighted by atomic mass is 10.0. The minimum absolute atomic E-state index is 0.00333. The number of carbonyl (C=O) groups excluding carboxylic acids is 2. The van der Waals surface area contributed by atoms with Crippen molar-refractivity contribution < 1.29 is 22.7 Å². The van der Waals surface area contributed by atoms with Crippen LogP contribution in [0.5, 0.6) is 5.75 Å². The predicted octanol–water partition coefficient (Wildman–Crippen LogP) is 6.33. The highest BCUT2D eigenvalue weighted by Crippen LogP contribution is 2.35. The van der Waals surface area contributed by atoms with Crippen LogP contribution in [0.25, 0.3) is 0 Å². The summed E-state index contributed by atoms with van der Waals surface area (Å²) in [5.74, 6) is -0.693. The fourth-order valence-corrected chi connectivity index (χ4v) is 6.62. The Bertz CT molecular complexity index is 1750. The maximum atomic E-state index is 14.6. The van der Waals surface area contributed by atoms with Gasteiger partial charge < -0.3 is 15.0 Å². The number of amides is 2. The Balaban J connectivity index is 1.85. The summed E-state index contributed by atoms with van der Waals surface area (Å²) in [4.78, 5) is 29.9. The zero-order valence-corrected chi connectivity index (χ0v) is 28.3. The number of anilines is 1. The Hall–Kier alpha value is -4.34. The van der Waals surface area contributed by atoms with Crippen LogP contribution in [0, 0.1) is 13.8 Å². The van der Waals surface area contributed by atoms with E-state index in [9.17, 15) is 18.0 Å². The van der Waals surface area contributed by atoms with Gasteiger partial charge in [-0.25, -0.2) is 8.42 Å². The van der Waals surface area contributed by atoms with E-state index in [-0.39, 0.29) is 46.3 Å². The van der Waals surface area contributed by atoms with E-state index in [0.717, 1.165) is 26.6 Å². The molecule has 1 N–H and O–H groups in total. The summed E-state index contributed by atoms with van der Waals surface area (Å²) in [5, 5.41) is 3.23. The lowest BCUT2D eigenvalue weighted by Gasteiger charge is -2.34. The van der Waals surface area contributed by atoms with Gasteiger partial charge in [0.1, 0.15) is 18.3 Å². The molecular formula is C36H40ClN3O5S. The van der Waals surface area contributed by atoms with E-state index >= 15 is 0 Å². The molecule has 0 heterocycles. The Labute approximate surface area is 277 Å². The van der Waals surface area contributed by atoms with Crippen LogP contribution in [-0.2, 0) is 32.6 Å². The average Bonchev–Trinajstić information content (AvgIpc) is 3.02. The highest BCUT2D eigenvalue weighted by molar-refractivity contribution is 7.92. The van der Waals surface area contributed by atoms with Crippen LogP contribution in [0.4, 0.5) is 5.69 Å². The second kappa shape index (κ2) is 15.3. The highest BCUT2D eigenvalue weighted by atomic mass is 35.5. The van der Waals surface area contributed by atoms with Crippen LogP contribution in [0.2, 0.25) is 5.02 Å². The van der Waals surface area contributed by atoms with Crippen molar-refractivity contribution in [3.63, 3.8) is 0 Å². The van der Waals surface area contributed by atoms with Crippen molar-refractivity contribution in [3.05, 3.63) is 124 Å². The van der Waals surface area contributed by atoms with Gasteiger partial charge in [-0.05, 0) is 69.2 Å². The molecule has 0 aliphatic rings. The number of nitrogens with zero attached hydrogens (tertiary/aromatic N) is 2. The quantitative estimate of drug-likeness (QED) is 0.181. The molecule has 0 bridgehead atoms. The maximum absolute atomic E-state index is 14.6. The molecule has 0 spiro atoms. The number of halogens is 1. The van der Waals surface area contributed by atoms with Crippen molar-refractivity contribution in [2.45, 2.75) is 57.6 Å². The van der Waals surface area contributed by atoms with Crippen molar-refractivity contribution in [3.8, 4) is 5.75 Å². The van der Waals surface area contributed by atoms with E-state index in [4.69, 9.17) is 16.3 Å². The standard InChI is InChI=1S/C36H40ClN3O5S/c1-25(2)38-36(42)33(21-28-9-7-6-8-10-28)39(23-29-15-11-26(3)12-16-29)35(41)24-40(32-22-30(37)17-20-34(32)45-5)46(43,44)31-18-13-27(4)14-19-31/h6-20,22,25,33H,21,23-24H2,1-5H3,(H,38,42)/t33-/m0/s1. The number of hydrogen-bond donors (Lipinski definition) is 1. The summed E-state index contributed by atoms with van der Waals surface area (Å²) in [7, 11) is -2.89. The van der Waals surface area contributed by atoms with Gasteiger partial charge in [-0.3, -0.25) is 13.9 Å². The number of rotatable bonds is 13. The first-order valence-corrected chi connectivity index (χ1v) is 16.8. The fraction of sp³-hybridized carbons (Fsp3) is 0.278. The smallest absolute Gasteiger partial charge is 0.264 e. The van der Waals surface area contributed by atoms with Gasteiger partial charge in [0, 0.05) is 24.0 Å². The summed E-state index contributed by atoms with van der Waals surface area (Å²) in [6.45, 7) is 6.99. The van der Waals surface area contributed by atoms with E-state index < -0.39 is 28.5 Å². The average molecular weight is 662 g/mol. The van der Waals surface area contributed by atoms with Crippen molar-refractivity contribution in [1.82, 2.24) is 10.2 Å². The first kappa shape index (κ1) is 34.5. The SMILES string of the molecule is COc1ccc(Cl)cc1N(CC(=O)N(Cc1ccc(C)cc1)[C@@H](Cc1ccccc1)C(=O)NC(C)C)S(=O)(=O)c1ccc(C)cc1. The van der Waals surface area contributed by atoms with Gasteiger partial charge in [0.2, 0.25) is 11.8 Å². The van der Waals surface area contributed by atoms with Crippen LogP contribution in [0.1, 0.15) is 36.1 Å². The summed E-state index contributed by atoms with van der Waals surface area (Å²) in [6.07, 6.45) is 0.224. The lowest BCUT2D eigenvalue weighted by molar-refractivity contribution is -0.140. The monoisotopic (exact) mass is 661 g/mol. The van der Waals surface area contributed by atoms with Gasteiger partial charge in [0.05, 0.1) is 17.7 Å². The molecule has 242 valence electrons. The van der Waals surface area contributed by atoms with Crippen LogP contribution in [0.3, 0.4) is 0 Å². The minimum atomic E-state index is -4.30. The molecule has 2 amide bonds. The van der Waals surface area contributed by atoms with E-state index in [0.29, 0.717) is 0 Å². The van der Waals surface area contributed by atoms with E-state index in [2.05, 4.69) is 5.32 Å². The molecular weight excluding hydrogens is 622 g/mol. The molecule has 10 heteroatoms.